The number of nitrogens with one attached hydrogen (secondary N) is 1. The second-order valence-electron chi connectivity index (χ2n) is 6.18. The quantitative estimate of drug-likeness (QED) is 0.749. The van der Waals surface area contributed by atoms with E-state index in [0.717, 1.165) is 22.9 Å². The Balaban J connectivity index is 2.44. The van der Waals surface area contributed by atoms with Crippen LogP contribution >= 0.6 is 11.8 Å². The zero-order chi connectivity index (χ0) is 15.7. The van der Waals surface area contributed by atoms with E-state index in [-0.39, 0.29) is 17.0 Å². The number of phenols is 2. The fraction of sp³-hybridized carbons (Fsp3) is 0.438. The Bertz CT molecular complexity index is 584. The Labute approximate surface area is 130 Å². The molecule has 1 atom stereocenters. The van der Waals surface area contributed by atoms with Crippen LogP contribution in [-0.4, -0.2) is 26.7 Å². The number of aromatic hydroxyl groups is 2. The Morgan fingerprint density at radius 3 is 2.71 bits per heavy atom. The smallest absolute Gasteiger partial charge is 0.158 e. The fourth-order valence-corrected chi connectivity index (χ4v) is 3.71. The van der Waals surface area contributed by atoms with Crippen LogP contribution in [0.25, 0.3) is 0 Å². The van der Waals surface area contributed by atoms with Crippen molar-refractivity contribution in [3.63, 3.8) is 0 Å². The Hall–Kier alpha value is -1.62. The number of rotatable bonds is 3. The number of nitrogens with zero attached hydrogens (tertiary/aromatic N) is 1. The lowest BCUT2D eigenvalue weighted by molar-refractivity contribution is 0.286. The molecule has 0 saturated heterocycles. The van der Waals surface area contributed by atoms with Gasteiger partial charge in [-0.25, -0.2) is 0 Å². The van der Waals surface area contributed by atoms with Crippen LogP contribution in [0.3, 0.4) is 0 Å². The molecule has 1 aliphatic heterocycles. The van der Waals surface area contributed by atoms with Gasteiger partial charge in [0.1, 0.15) is 11.5 Å². The summed E-state index contributed by atoms with van der Waals surface area (Å²) in [6.07, 6.45) is 2.59. The number of aliphatic imine (C=N–C) groups is 1. The van der Waals surface area contributed by atoms with Gasteiger partial charge >= 0.3 is 0 Å². The topological polar surface area (TPSA) is 64.9 Å². The van der Waals surface area contributed by atoms with Gasteiger partial charge < -0.3 is 15.5 Å². The third-order valence-corrected chi connectivity index (χ3v) is 4.35. The van der Waals surface area contributed by atoms with Gasteiger partial charge in [-0.3, -0.25) is 4.99 Å². The second kappa shape index (κ2) is 5.64. The van der Waals surface area contributed by atoms with Crippen molar-refractivity contribution in [2.24, 2.45) is 4.99 Å². The van der Waals surface area contributed by atoms with Crippen LogP contribution in [-0.2, 0) is 5.54 Å². The lowest BCUT2D eigenvalue weighted by atomic mass is 9.79. The minimum atomic E-state index is -0.532. The van der Waals surface area contributed by atoms with Gasteiger partial charge in [-0.05, 0) is 39.3 Å². The third-order valence-electron chi connectivity index (χ3n) is 3.48. The van der Waals surface area contributed by atoms with Crippen LogP contribution in [0.5, 0.6) is 11.5 Å². The molecule has 1 aromatic rings. The molecule has 3 N–H and O–H groups in total. The number of benzene rings is 1. The Kier molecular flexibility index (Phi) is 4.23. The monoisotopic (exact) mass is 306 g/mol. The molecule has 0 spiro atoms. The van der Waals surface area contributed by atoms with E-state index in [2.05, 4.69) is 25.7 Å². The first-order valence-electron chi connectivity index (χ1n) is 6.90. The summed E-state index contributed by atoms with van der Waals surface area (Å²) in [5.41, 5.74) is 0.0620. The zero-order valence-corrected chi connectivity index (χ0v) is 13.5. The summed E-state index contributed by atoms with van der Waals surface area (Å²) in [7, 11) is 0. The van der Waals surface area contributed by atoms with Crippen molar-refractivity contribution in [3.8, 4) is 11.5 Å². The van der Waals surface area contributed by atoms with E-state index in [0.29, 0.717) is 0 Å². The van der Waals surface area contributed by atoms with Gasteiger partial charge in [0.25, 0.3) is 0 Å². The Morgan fingerprint density at radius 1 is 1.38 bits per heavy atom. The van der Waals surface area contributed by atoms with Crippen molar-refractivity contribution >= 4 is 16.9 Å². The molecule has 0 radical (unpaired) electrons. The molecule has 114 valence electrons. The maximum absolute atomic E-state index is 10.2. The molecule has 2 rings (SSSR count). The highest BCUT2D eigenvalue weighted by Crippen LogP contribution is 2.42. The zero-order valence-electron chi connectivity index (χ0n) is 12.7. The number of hydrogen-bond donors (Lipinski definition) is 3. The summed E-state index contributed by atoms with van der Waals surface area (Å²) in [5.74, 6) is 0.907. The minimum absolute atomic E-state index is 0.0540. The molecular formula is C16H22N2O2S. The molecule has 0 aromatic heterocycles. The lowest BCUT2D eigenvalue weighted by Crippen LogP contribution is -2.51. The third kappa shape index (κ3) is 3.53. The molecule has 21 heavy (non-hydrogen) atoms. The van der Waals surface area contributed by atoms with Crippen molar-refractivity contribution < 1.29 is 10.2 Å². The normalized spacial score (nSPS) is 24.0. The van der Waals surface area contributed by atoms with Gasteiger partial charge in [0.15, 0.2) is 5.17 Å². The maximum Gasteiger partial charge on any atom is 0.158 e. The number of thioether (sulfide) groups is 1. The average Bonchev–Trinajstić information content (AvgIpc) is 2.33. The molecule has 1 unspecified atom stereocenters. The molecule has 5 heteroatoms. The summed E-state index contributed by atoms with van der Waals surface area (Å²) in [6, 6.07) is 4.69. The molecule has 0 aliphatic carbocycles. The summed E-state index contributed by atoms with van der Waals surface area (Å²) >= 11 is 1.60. The highest BCUT2D eigenvalue weighted by Gasteiger charge is 2.40. The molecule has 1 heterocycles. The maximum atomic E-state index is 10.2. The molecule has 0 amide bonds. The van der Waals surface area contributed by atoms with Gasteiger partial charge in [-0.2, -0.15) is 0 Å². The molecule has 0 bridgehead atoms. The molecule has 4 nitrogen and oxygen atoms in total. The molecule has 0 fully saturated rings. The molecular weight excluding hydrogens is 284 g/mol. The van der Waals surface area contributed by atoms with Crippen LogP contribution in [0.15, 0.2) is 35.8 Å². The highest BCUT2D eigenvalue weighted by molar-refractivity contribution is 8.13. The van der Waals surface area contributed by atoms with Gasteiger partial charge in [0.05, 0.1) is 5.54 Å². The van der Waals surface area contributed by atoms with Gasteiger partial charge in [-0.15, -0.1) is 6.58 Å². The van der Waals surface area contributed by atoms with Crippen LogP contribution in [0.1, 0.15) is 32.8 Å². The van der Waals surface area contributed by atoms with Crippen molar-refractivity contribution in [1.82, 2.24) is 5.32 Å². The summed E-state index contributed by atoms with van der Waals surface area (Å²) < 4.78 is 0. The highest BCUT2D eigenvalue weighted by atomic mass is 32.2. The van der Waals surface area contributed by atoms with Crippen LogP contribution in [0.4, 0.5) is 0 Å². The Morgan fingerprint density at radius 2 is 2.10 bits per heavy atom. The first kappa shape index (κ1) is 15.8. The molecule has 1 aromatic carbocycles. The van der Waals surface area contributed by atoms with E-state index in [9.17, 15) is 10.2 Å². The van der Waals surface area contributed by atoms with Crippen molar-refractivity contribution in [1.29, 1.82) is 0 Å². The number of phenolic OH excluding ortho intramolecular Hbond substituents is 2. The van der Waals surface area contributed by atoms with E-state index < -0.39 is 5.54 Å². The first-order valence-corrected chi connectivity index (χ1v) is 7.88. The summed E-state index contributed by atoms with van der Waals surface area (Å²) in [6.45, 7) is 9.97. The van der Waals surface area contributed by atoms with Gasteiger partial charge in [0.2, 0.25) is 0 Å². The van der Waals surface area contributed by atoms with Gasteiger partial charge in [-0.1, -0.05) is 17.8 Å². The lowest BCUT2D eigenvalue weighted by Gasteiger charge is -2.41. The van der Waals surface area contributed by atoms with E-state index in [1.807, 2.05) is 13.0 Å². The van der Waals surface area contributed by atoms with Crippen molar-refractivity contribution in [2.45, 2.75) is 38.3 Å². The predicted octanol–water partition coefficient (Wildman–Crippen LogP) is 3.36. The molecule has 1 aliphatic rings. The van der Waals surface area contributed by atoms with E-state index >= 15 is 0 Å². The fourth-order valence-electron chi connectivity index (χ4n) is 2.82. The first-order chi connectivity index (χ1) is 9.76. The minimum Gasteiger partial charge on any atom is -0.508 e. The SMILES string of the molecule is C=CCSC1=NC(C)(c2ccc(O)cc2O)CC(C)(C)N1. The predicted molar refractivity (Wildman–Crippen MR) is 89.0 cm³/mol. The second-order valence-corrected chi connectivity index (χ2v) is 7.19. The van der Waals surface area contributed by atoms with Crippen molar-refractivity contribution in [3.05, 3.63) is 36.4 Å². The van der Waals surface area contributed by atoms with Gasteiger partial charge in [0, 0.05) is 22.9 Å². The molecule has 0 saturated carbocycles. The average molecular weight is 306 g/mol. The van der Waals surface area contributed by atoms with E-state index in [1.165, 1.54) is 6.07 Å². The van der Waals surface area contributed by atoms with Crippen LogP contribution < -0.4 is 5.32 Å². The van der Waals surface area contributed by atoms with Crippen molar-refractivity contribution in [2.75, 3.05) is 5.75 Å². The standard InChI is InChI=1S/C16H22N2O2S/c1-5-8-21-14-17-15(2,3)10-16(4,18-14)12-7-6-11(19)9-13(12)20/h5-7,9,19-20H,1,8,10H2,2-4H3,(H,17,18). The largest absolute Gasteiger partial charge is 0.508 e. The van der Waals surface area contributed by atoms with Crippen LogP contribution in [0.2, 0.25) is 0 Å². The van der Waals surface area contributed by atoms with Crippen LogP contribution in [0, 0.1) is 0 Å². The number of amidine groups is 1. The summed E-state index contributed by atoms with van der Waals surface area (Å²) in [4.78, 5) is 4.79. The van der Waals surface area contributed by atoms with E-state index in [4.69, 9.17) is 4.99 Å². The van der Waals surface area contributed by atoms with E-state index in [1.54, 1.807) is 23.9 Å². The number of hydrogen-bond acceptors (Lipinski definition) is 5. The summed E-state index contributed by atoms with van der Waals surface area (Å²) in [5, 5.41) is 23.9.